The number of carbonyl (C=O) groups excluding carboxylic acids is 2. The van der Waals surface area contributed by atoms with Crippen molar-refractivity contribution in [3.05, 3.63) is 38.8 Å². The van der Waals surface area contributed by atoms with Crippen LogP contribution in [0.15, 0.2) is 22.8 Å². The number of hydrogen-bond acceptors (Lipinski definition) is 6. The highest BCUT2D eigenvalue weighted by Crippen LogP contribution is 2.27. The standard InChI is InChI=1S/C20H25N3O4S/c1-12-15-18(22-11-23(3)19(15)25)28-16(12)20(26)27-13(2)17(24)21-10-9-14-7-5-4-6-8-14/h7,11,13H,4-6,8-10H2,1-3H3,(H,21,24)/t13-/m0/s1. The Bertz CT molecular complexity index is 989. The van der Waals surface area contributed by atoms with Gasteiger partial charge in [0.25, 0.3) is 11.5 Å². The maximum absolute atomic E-state index is 12.5. The van der Waals surface area contributed by atoms with Crippen LogP contribution in [0.3, 0.4) is 0 Å². The number of nitrogens with one attached hydrogen (secondary N) is 1. The summed E-state index contributed by atoms with van der Waals surface area (Å²) in [6.07, 6.45) is 8.25. The Kier molecular flexibility index (Phi) is 6.28. The number of allylic oxidation sites excluding steroid dienone is 1. The smallest absolute Gasteiger partial charge is 0.349 e. The van der Waals surface area contributed by atoms with Crippen LogP contribution in [-0.2, 0) is 16.6 Å². The van der Waals surface area contributed by atoms with Crippen molar-refractivity contribution in [3.8, 4) is 0 Å². The number of aryl methyl sites for hydroxylation is 2. The van der Waals surface area contributed by atoms with E-state index < -0.39 is 12.1 Å². The average Bonchev–Trinajstić information content (AvgIpc) is 3.02. The SMILES string of the molecule is Cc1c(C(=O)O[C@@H](C)C(=O)NCCC2=CCCCC2)sc2ncn(C)c(=O)c12. The predicted octanol–water partition coefficient (Wildman–Crippen LogP) is 2.86. The van der Waals surface area contributed by atoms with E-state index in [1.807, 2.05) is 0 Å². The summed E-state index contributed by atoms with van der Waals surface area (Å²) in [5.41, 5.74) is 1.71. The van der Waals surface area contributed by atoms with Gasteiger partial charge in [-0.15, -0.1) is 11.3 Å². The monoisotopic (exact) mass is 403 g/mol. The summed E-state index contributed by atoms with van der Waals surface area (Å²) in [4.78, 5) is 42.0. The molecular weight excluding hydrogens is 378 g/mol. The van der Waals surface area contributed by atoms with Crippen LogP contribution in [0.2, 0.25) is 0 Å². The van der Waals surface area contributed by atoms with E-state index in [2.05, 4.69) is 16.4 Å². The zero-order valence-electron chi connectivity index (χ0n) is 16.4. The van der Waals surface area contributed by atoms with Gasteiger partial charge in [-0.05, 0) is 51.5 Å². The summed E-state index contributed by atoms with van der Waals surface area (Å²) >= 11 is 1.11. The zero-order valence-corrected chi connectivity index (χ0v) is 17.2. The fraction of sp³-hybridized carbons (Fsp3) is 0.500. The number of esters is 1. The molecule has 0 radical (unpaired) electrons. The van der Waals surface area contributed by atoms with Gasteiger partial charge in [-0.3, -0.25) is 9.59 Å². The molecule has 0 saturated heterocycles. The third-order valence-corrected chi connectivity index (χ3v) is 6.16. The molecule has 1 N–H and O–H groups in total. The van der Waals surface area contributed by atoms with Crippen molar-refractivity contribution < 1.29 is 14.3 Å². The first-order valence-corrected chi connectivity index (χ1v) is 10.3. The topological polar surface area (TPSA) is 90.3 Å². The molecule has 2 aromatic rings. The predicted molar refractivity (Wildman–Crippen MR) is 109 cm³/mol. The molecule has 0 bridgehead atoms. The molecule has 8 heteroatoms. The van der Waals surface area contributed by atoms with Crippen molar-refractivity contribution in [1.82, 2.24) is 14.9 Å². The first kappa shape index (κ1) is 20.3. The van der Waals surface area contributed by atoms with Crippen molar-refractivity contribution in [2.45, 2.75) is 52.1 Å². The van der Waals surface area contributed by atoms with Crippen LogP contribution < -0.4 is 10.9 Å². The third kappa shape index (κ3) is 4.32. The van der Waals surface area contributed by atoms with E-state index in [1.54, 1.807) is 20.9 Å². The van der Waals surface area contributed by atoms with E-state index in [-0.39, 0.29) is 11.5 Å². The van der Waals surface area contributed by atoms with Crippen LogP contribution >= 0.6 is 11.3 Å². The molecule has 0 saturated carbocycles. The van der Waals surface area contributed by atoms with E-state index in [4.69, 9.17) is 4.74 Å². The Morgan fingerprint density at radius 1 is 1.39 bits per heavy atom. The Morgan fingerprint density at radius 2 is 2.18 bits per heavy atom. The van der Waals surface area contributed by atoms with Crippen LogP contribution in [0.1, 0.15) is 54.3 Å². The number of nitrogens with zero attached hydrogens (tertiary/aromatic N) is 2. The van der Waals surface area contributed by atoms with E-state index >= 15 is 0 Å². The van der Waals surface area contributed by atoms with Crippen LogP contribution in [0, 0.1) is 6.92 Å². The lowest BCUT2D eigenvalue weighted by Crippen LogP contribution is -2.36. The van der Waals surface area contributed by atoms with E-state index in [0.717, 1.165) is 30.6 Å². The van der Waals surface area contributed by atoms with Gasteiger partial charge >= 0.3 is 5.97 Å². The summed E-state index contributed by atoms with van der Waals surface area (Å²) in [6.45, 7) is 3.78. The molecule has 1 aliphatic carbocycles. The number of ether oxygens (including phenoxy) is 1. The van der Waals surface area contributed by atoms with Gasteiger partial charge in [-0.25, -0.2) is 9.78 Å². The molecule has 2 aromatic heterocycles. The van der Waals surface area contributed by atoms with Crippen molar-refractivity contribution in [2.24, 2.45) is 7.05 Å². The lowest BCUT2D eigenvalue weighted by atomic mass is 9.97. The van der Waals surface area contributed by atoms with Gasteiger partial charge in [-0.1, -0.05) is 11.6 Å². The van der Waals surface area contributed by atoms with Crippen molar-refractivity contribution in [2.75, 3.05) is 6.54 Å². The zero-order chi connectivity index (χ0) is 20.3. The first-order chi connectivity index (χ1) is 13.4. The Hall–Kier alpha value is -2.48. The fourth-order valence-corrected chi connectivity index (χ4v) is 4.32. The number of aromatic nitrogens is 2. The molecule has 0 unspecified atom stereocenters. The van der Waals surface area contributed by atoms with Crippen LogP contribution in [0.5, 0.6) is 0 Å². The number of rotatable bonds is 6. The maximum Gasteiger partial charge on any atom is 0.349 e. The molecule has 0 aromatic carbocycles. The summed E-state index contributed by atoms with van der Waals surface area (Å²) in [7, 11) is 1.61. The molecule has 1 aliphatic rings. The highest BCUT2D eigenvalue weighted by molar-refractivity contribution is 7.20. The third-order valence-electron chi connectivity index (χ3n) is 4.98. The largest absolute Gasteiger partial charge is 0.448 e. The molecule has 1 amide bonds. The highest BCUT2D eigenvalue weighted by atomic mass is 32.1. The molecule has 0 fully saturated rings. The minimum absolute atomic E-state index is 0.208. The Morgan fingerprint density at radius 3 is 2.89 bits per heavy atom. The fourth-order valence-electron chi connectivity index (χ4n) is 3.29. The lowest BCUT2D eigenvalue weighted by Gasteiger charge is -2.15. The van der Waals surface area contributed by atoms with Gasteiger partial charge in [0.1, 0.15) is 9.71 Å². The number of hydrogen-bond donors (Lipinski definition) is 1. The van der Waals surface area contributed by atoms with Gasteiger partial charge < -0.3 is 14.6 Å². The van der Waals surface area contributed by atoms with Gasteiger partial charge in [0.05, 0.1) is 11.7 Å². The van der Waals surface area contributed by atoms with Gasteiger partial charge in [0, 0.05) is 13.6 Å². The van der Waals surface area contributed by atoms with Crippen LogP contribution in [-0.4, -0.2) is 34.1 Å². The molecule has 7 nitrogen and oxygen atoms in total. The molecule has 1 atom stereocenters. The Labute approximate surface area is 167 Å². The van der Waals surface area contributed by atoms with Crippen LogP contribution in [0.25, 0.3) is 10.2 Å². The van der Waals surface area contributed by atoms with E-state index in [0.29, 0.717) is 27.2 Å². The van der Waals surface area contributed by atoms with Crippen molar-refractivity contribution in [1.29, 1.82) is 0 Å². The first-order valence-electron chi connectivity index (χ1n) is 9.49. The summed E-state index contributed by atoms with van der Waals surface area (Å²) in [5.74, 6) is -0.933. The second-order valence-electron chi connectivity index (χ2n) is 7.09. The second-order valence-corrected chi connectivity index (χ2v) is 8.09. The normalized spacial score (nSPS) is 15.2. The summed E-state index contributed by atoms with van der Waals surface area (Å²) in [6, 6.07) is 0. The molecule has 0 spiro atoms. The number of fused-ring (bicyclic) bond motifs is 1. The lowest BCUT2D eigenvalue weighted by molar-refractivity contribution is -0.129. The minimum atomic E-state index is -0.909. The molecule has 150 valence electrons. The van der Waals surface area contributed by atoms with Crippen molar-refractivity contribution in [3.63, 3.8) is 0 Å². The minimum Gasteiger partial charge on any atom is -0.448 e. The molecule has 2 heterocycles. The van der Waals surface area contributed by atoms with Gasteiger partial charge in [-0.2, -0.15) is 0 Å². The van der Waals surface area contributed by atoms with Gasteiger partial charge in [0.2, 0.25) is 0 Å². The molecular formula is C20H25N3O4S. The highest BCUT2D eigenvalue weighted by Gasteiger charge is 2.24. The van der Waals surface area contributed by atoms with Crippen LogP contribution in [0.4, 0.5) is 0 Å². The van der Waals surface area contributed by atoms with E-state index in [1.165, 1.54) is 29.3 Å². The number of carbonyl (C=O) groups is 2. The number of thiophene rings is 1. The summed E-state index contributed by atoms with van der Waals surface area (Å²) in [5, 5.41) is 3.24. The van der Waals surface area contributed by atoms with Crippen molar-refractivity contribution >= 4 is 33.4 Å². The Balaban J connectivity index is 1.60. The summed E-state index contributed by atoms with van der Waals surface area (Å²) < 4.78 is 6.70. The maximum atomic E-state index is 12.5. The quantitative estimate of drug-likeness (QED) is 0.592. The van der Waals surface area contributed by atoms with E-state index in [9.17, 15) is 14.4 Å². The molecule has 0 aliphatic heterocycles. The second kappa shape index (κ2) is 8.68. The number of amides is 1. The molecule has 3 rings (SSSR count). The van der Waals surface area contributed by atoms with Gasteiger partial charge in [0.15, 0.2) is 6.10 Å². The average molecular weight is 404 g/mol. The molecule has 28 heavy (non-hydrogen) atoms.